The Kier molecular flexibility index (Phi) is 12.0. The van der Waals surface area contributed by atoms with Crippen molar-refractivity contribution in [2.75, 3.05) is 27.2 Å². The molecule has 70 valence electrons. The highest BCUT2D eigenvalue weighted by molar-refractivity contribution is 5.51. The van der Waals surface area contributed by atoms with Crippen molar-refractivity contribution in [3.05, 3.63) is 0 Å². The zero-order chi connectivity index (χ0) is 8.53. The maximum atomic E-state index is 3.96. The molecule has 4 heteroatoms. The lowest BCUT2D eigenvalue weighted by Crippen LogP contribution is -3.00. The SMILES string of the molecule is CCN=C=NCCC=[N+](C)C.[Cl-]. The molecule has 0 bridgehead atoms. The number of hydrogen-bond acceptors (Lipinski definition) is 2. The molecule has 0 amide bonds. The Morgan fingerprint density at radius 3 is 2.50 bits per heavy atom. The molecule has 0 N–H and O–H groups in total. The van der Waals surface area contributed by atoms with E-state index in [2.05, 4.69) is 22.2 Å². The summed E-state index contributed by atoms with van der Waals surface area (Å²) in [5, 5.41) is 0. The van der Waals surface area contributed by atoms with Gasteiger partial charge in [0.25, 0.3) is 0 Å². The van der Waals surface area contributed by atoms with E-state index in [1.807, 2.05) is 25.6 Å². The smallest absolute Gasteiger partial charge is 0.141 e. The average molecular weight is 190 g/mol. The first kappa shape index (κ1) is 13.9. The molecule has 0 saturated carbocycles. The quantitative estimate of drug-likeness (QED) is 0.276. The predicted octanol–water partition coefficient (Wildman–Crippen LogP) is -2.08. The van der Waals surface area contributed by atoms with Crippen molar-refractivity contribution in [1.29, 1.82) is 0 Å². The molecule has 0 heterocycles. The third-order valence-electron chi connectivity index (χ3n) is 1.03. The molecule has 0 radical (unpaired) electrons. The van der Waals surface area contributed by atoms with Crippen molar-refractivity contribution < 1.29 is 17.0 Å². The van der Waals surface area contributed by atoms with Gasteiger partial charge in [0.15, 0.2) is 0 Å². The second-order valence-corrected chi connectivity index (χ2v) is 2.39. The number of nitrogens with zero attached hydrogens (tertiary/aromatic N) is 3. The van der Waals surface area contributed by atoms with Crippen LogP contribution in [0.3, 0.4) is 0 Å². The van der Waals surface area contributed by atoms with Crippen LogP contribution < -0.4 is 12.4 Å². The van der Waals surface area contributed by atoms with E-state index in [0.29, 0.717) is 0 Å². The monoisotopic (exact) mass is 189 g/mol. The summed E-state index contributed by atoms with van der Waals surface area (Å²) in [6.07, 6.45) is 3.04. The van der Waals surface area contributed by atoms with E-state index in [1.165, 1.54) is 0 Å². The van der Waals surface area contributed by atoms with Gasteiger partial charge in [-0.2, -0.15) is 0 Å². The standard InChI is InChI=1S/C8H16N3.ClH/c1-4-9-8-10-6-5-7-11(2)3;/h7H,4-6H2,1-3H3;1H/q+1;/p-1. The van der Waals surface area contributed by atoms with Crippen LogP contribution in [0.5, 0.6) is 0 Å². The molecule has 0 aromatic rings. The summed E-state index contributed by atoms with van der Waals surface area (Å²) in [6, 6.07) is 2.62. The Labute approximate surface area is 80.3 Å². The van der Waals surface area contributed by atoms with Gasteiger partial charge in [0.05, 0.1) is 12.6 Å². The maximum Gasteiger partial charge on any atom is 0.141 e. The van der Waals surface area contributed by atoms with Gasteiger partial charge in [-0.1, -0.05) is 0 Å². The second-order valence-electron chi connectivity index (χ2n) is 2.39. The van der Waals surface area contributed by atoms with E-state index in [4.69, 9.17) is 0 Å². The van der Waals surface area contributed by atoms with Crippen LogP contribution in [0.4, 0.5) is 0 Å². The number of aliphatic imine (C=N–C) groups is 2. The van der Waals surface area contributed by atoms with Crippen LogP contribution in [-0.4, -0.2) is 44.0 Å². The van der Waals surface area contributed by atoms with Crippen LogP contribution in [0.1, 0.15) is 13.3 Å². The summed E-state index contributed by atoms with van der Waals surface area (Å²) in [6.45, 7) is 3.51. The van der Waals surface area contributed by atoms with Crippen molar-refractivity contribution in [2.24, 2.45) is 9.98 Å². The van der Waals surface area contributed by atoms with Crippen molar-refractivity contribution in [3.63, 3.8) is 0 Å². The fraction of sp³-hybridized carbons (Fsp3) is 0.750. The normalized spacial score (nSPS) is 7.58. The van der Waals surface area contributed by atoms with E-state index < -0.39 is 0 Å². The summed E-state index contributed by atoms with van der Waals surface area (Å²) < 4.78 is 2.02. The topological polar surface area (TPSA) is 27.7 Å². The third kappa shape index (κ3) is 12.1. The highest BCUT2D eigenvalue weighted by Crippen LogP contribution is 1.73. The molecule has 0 saturated heterocycles. The first-order valence-corrected chi connectivity index (χ1v) is 3.85. The highest BCUT2D eigenvalue weighted by Gasteiger charge is 1.82. The first-order valence-electron chi connectivity index (χ1n) is 3.85. The predicted molar refractivity (Wildman–Crippen MR) is 48.1 cm³/mol. The van der Waals surface area contributed by atoms with E-state index in [0.717, 1.165) is 19.5 Å². The molecule has 0 aliphatic rings. The minimum atomic E-state index is 0. The summed E-state index contributed by atoms with van der Waals surface area (Å²) in [5.74, 6) is 0. The fourth-order valence-electron chi connectivity index (χ4n) is 0.551. The molecule has 0 rings (SSSR count). The Hall–Kier alpha value is -0.660. The molecule has 3 nitrogen and oxygen atoms in total. The second kappa shape index (κ2) is 10.3. The van der Waals surface area contributed by atoms with Gasteiger partial charge < -0.3 is 12.4 Å². The number of rotatable bonds is 4. The van der Waals surface area contributed by atoms with Gasteiger partial charge >= 0.3 is 0 Å². The maximum absolute atomic E-state index is 3.96. The zero-order valence-corrected chi connectivity index (χ0v) is 8.67. The van der Waals surface area contributed by atoms with Gasteiger partial charge in [0.2, 0.25) is 0 Å². The van der Waals surface area contributed by atoms with Crippen LogP contribution >= 0.6 is 0 Å². The molecule has 0 aliphatic carbocycles. The van der Waals surface area contributed by atoms with Gasteiger partial charge in [-0.3, -0.25) is 0 Å². The summed E-state index contributed by atoms with van der Waals surface area (Å²) in [5.41, 5.74) is 0. The molecule has 0 aromatic heterocycles. The van der Waals surface area contributed by atoms with Crippen LogP contribution in [0.15, 0.2) is 9.98 Å². The lowest BCUT2D eigenvalue weighted by molar-refractivity contribution is -0.460. The molecule has 0 aromatic carbocycles. The Balaban J connectivity index is 0. The van der Waals surface area contributed by atoms with Gasteiger partial charge in [0, 0.05) is 13.0 Å². The minimum absolute atomic E-state index is 0. The molecule has 0 spiro atoms. The van der Waals surface area contributed by atoms with E-state index in [1.54, 1.807) is 0 Å². The summed E-state index contributed by atoms with van der Waals surface area (Å²) in [4.78, 5) is 7.80. The van der Waals surface area contributed by atoms with Crippen LogP contribution in [0, 0.1) is 0 Å². The number of hydrogen-bond donors (Lipinski definition) is 0. The van der Waals surface area contributed by atoms with Gasteiger partial charge in [-0.25, -0.2) is 14.6 Å². The summed E-state index contributed by atoms with van der Waals surface area (Å²) >= 11 is 0. The van der Waals surface area contributed by atoms with E-state index >= 15 is 0 Å². The minimum Gasteiger partial charge on any atom is -1.00 e. The molecular weight excluding hydrogens is 174 g/mol. The van der Waals surface area contributed by atoms with E-state index in [-0.39, 0.29) is 12.4 Å². The van der Waals surface area contributed by atoms with Crippen molar-refractivity contribution >= 4 is 12.2 Å². The molecule has 12 heavy (non-hydrogen) atoms. The van der Waals surface area contributed by atoms with Crippen LogP contribution in [0.2, 0.25) is 0 Å². The Bertz CT molecular complexity index is 177. The summed E-state index contributed by atoms with van der Waals surface area (Å²) in [7, 11) is 4.01. The Morgan fingerprint density at radius 2 is 2.00 bits per heavy atom. The fourth-order valence-corrected chi connectivity index (χ4v) is 0.551. The van der Waals surface area contributed by atoms with Gasteiger partial charge in [-0.15, -0.1) is 0 Å². The Morgan fingerprint density at radius 1 is 1.33 bits per heavy atom. The van der Waals surface area contributed by atoms with Crippen molar-refractivity contribution in [2.45, 2.75) is 13.3 Å². The highest BCUT2D eigenvalue weighted by atomic mass is 35.5. The van der Waals surface area contributed by atoms with Gasteiger partial charge in [0.1, 0.15) is 20.3 Å². The molecule has 0 atom stereocenters. The van der Waals surface area contributed by atoms with E-state index in [9.17, 15) is 0 Å². The average Bonchev–Trinajstić information content (AvgIpc) is 1.96. The zero-order valence-electron chi connectivity index (χ0n) is 7.92. The largest absolute Gasteiger partial charge is 1.00 e. The van der Waals surface area contributed by atoms with Crippen molar-refractivity contribution in [1.82, 2.24) is 0 Å². The van der Waals surface area contributed by atoms with Crippen molar-refractivity contribution in [3.8, 4) is 0 Å². The lowest BCUT2D eigenvalue weighted by Gasteiger charge is -1.82. The third-order valence-corrected chi connectivity index (χ3v) is 1.03. The number of halogens is 1. The van der Waals surface area contributed by atoms with Gasteiger partial charge in [-0.05, 0) is 6.92 Å². The molecule has 0 unspecified atom stereocenters. The van der Waals surface area contributed by atoms with Crippen LogP contribution in [0.25, 0.3) is 0 Å². The van der Waals surface area contributed by atoms with Crippen LogP contribution in [-0.2, 0) is 0 Å². The molecule has 0 aliphatic heterocycles. The molecule has 0 fully saturated rings. The molecular formula is C8H16ClN3. The lowest BCUT2D eigenvalue weighted by atomic mass is 10.5. The first-order chi connectivity index (χ1) is 5.27.